The third kappa shape index (κ3) is 5.79. The van der Waals surface area contributed by atoms with Crippen molar-refractivity contribution in [1.82, 2.24) is 15.2 Å². The molecular formula is C12H20N4OS. The Labute approximate surface area is 114 Å². The van der Waals surface area contributed by atoms with Gasteiger partial charge in [0.1, 0.15) is 0 Å². The lowest BCUT2D eigenvalue weighted by atomic mass is 10.4. The molecule has 0 spiro atoms. The van der Waals surface area contributed by atoms with Crippen molar-refractivity contribution in [1.29, 1.82) is 0 Å². The van der Waals surface area contributed by atoms with Crippen LogP contribution in [0.1, 0.15) is 6.42 Å². The maximum absolute atomic E-state index is 5.18. The van der Waals surface area contributed by atoms with Crippen LogP contribution in [0.3, 0.4) is 0 Å². The van der Waals surface area contributed by atoms with Crippen molar-refractivity contribution in [2.24, 2.45) is 0 Å². The molecule has 2 N–H and O–H groups in total. The molecule has 0 saturated carbocycles. The van der Waals surface area contributed by atoms with E-state index < -0.39 is 0 Å². The van der Waals surface area contributed by atoms with Crippen LogP contribution < -0.4 is 15.4 Å². The molecule has 1 aromatic rings. The molecule has 0 unspecified atom stereocenters. The Morgan fingerprint density at radius 3 is 2.78 bits per heavy atom. The maximum atomic E-state index is 5.18. The molecule has 0 bridgehead atoms. The van der Waals surface area contributed by atoms with E-state index >= 15 is 0 Å². The molecule has 1 heterocycles. The second kappa shape index (κ2) is 7.84. The predicted octanol–water partition coefficient (Wildman–Crippen LogP) is 1.33. The van der Waals surface area contributed by atoms with E-state index in [1.165, 1.54) is 0 Å². The van der Waals surface area contributed by atoms with Gasteiger partial charge in [0, 0.05) is 12.6 Å². The van der Waals surface area contributed by atoms with Crippen molar-refractivity contribution in [2.75, 3.05) is 39.6 Å². The van der Waals surface area contributed by atoms with Crippen LogP contribution in [-0.2, 0) is 0 Å². The lowest BCUT2D eigenvalue weighted by Gasteiger charge is -2.12. The number of ether oxygens (including phenoxy) is 1. The van der Waals surface area contributed by atoms with Gasteiger partial charge in [-0.15, -0.1) is 0 Å². The van der Waals surface area contributed by atoms with E-state index in [0.717, 1.165) is 25.2 Å². The molecule has 0 aliphatic carbocycles. The predicted molar refractivity (Wildman–Crippen MR) is 78.2 cm³/mol. The summed E-state index contributed by atoms with van der Waals surface area (Å²) in [6, 6.07) is 3.66. The average molecular weight is 268 g/mol. The zero-order valence-electron chi connectivity index (χ0n) is 11.1. The van der Waals surface area contributed by atoms with Crippen molar-refractivity contribution < 1.29 is 4.74 Å². The Bertz CT molecular complexity index is 367. The van der Waals surface area contributed by atoms with Gasteiger partial charge in [-0.3, -0.25) is 0 Å². The molecule has 0 radical (unpaired) electrons. The fourth-order valence-electron chi connectivity index (χ4n) is 1.35. The second-order valence-corrected chi connectivity index (χ2v) is 4.54. The van der Waals surface area contributed by atoms with Gasteiger partial charge in [-0.05, 0) is 45.3 Å². The molecule has 6 heteroatoms. The molecule has 0 fully saturated rings. The van der Waals surface area contributed by atoms with Gasteiger partial charge in [-0.25, -0.2) is 4.98 Å². The summed E-state index contributed by atoms with van der Waals surface area (Å²) >= 11 is 5.18. The van der Waals surface area contributed by atoms with E-state index in [2.05, 4.69) is 34.6 Å². The van der Waals surface area contributed by atoms with Crippen LogP contribution in [0.15, 0.2) is 18.3 Å². The zero-order chi connectivity index (χ0) is 13.4. The van der Waals surface area contributed by atoms with Crippen molar-refractivity contribution in [3.63, 3.8) is 0 Å². The molecule has 100 valence electrons. The Morgan fingerprint density at radius 2 is 2.22 bits per heavy atom. The van der Waals surface area contributed by atoms with Crippen LogP contribution >= 0.6 is 12.2 Å². The van der Waals surface area contributed by atoms with Crippen LogP contribution in [0, 0.1) is 0 Å². The number of methoxy groups -OCH3 is 1. The number of rotatable bonds is 6. The minimum atomic E-state index is 0.588. The summed E-state index contributed by atoms with van der Waals surface area (Å²) in [6.45, 7) is 1.90. The third-order valence-electron chi connectivity index (χ3n) is 2.27. The molecule has 0 aromatic carbocycles. The molecule has 0 saturated heterocycles. The molecule has 5 nitrogen and oxygen atoms in total. The van der Waals surface area contributed by atoms with Crippen molar-refractivity contribution in [3.8, 4) is 5.88 Å². The minimum absolute atomic E-state index is 0.588. The molecule has 0 aliphatic heterocycles. The van der Waals surface area contributed by atoms with Gasteiger partial charge in [-0.1, -0.05) is 0 Å². The number of pyridine rings is 1. The van der Waals surface area contributed by atoms with Gasteiger partial charge < -0.3 is 20.3 Å². The molecule has 1 rings (SSSR count). The quantitative estimate of drug-likeness (QED) is 0.599. The Balaban J connectivity index is 2.26. The van der Waals surface area contributed by atoms with E-state index in [1.807, 2.05) is 6.07 Å². The maximum Gasteiger partial charge on any atom is 0.213 e. The third-order valence-corrected chi connectivity index (χ3v) is 2.52. The van der Waals surface area contributed by atoms with Gasteiger partial charge >= 0.3 is 0 Å². The summed E-state index contributed by atoms with van der Waals surface area (Å²) in [5.74, 6) is 0.588. The Morgan fingerprint density at radius 1 is 1.44 bits per heavy atom. The van der Waals surface area contributed by atoms with E-state index in [-0.39, 0.29) is 0 Å². The van der Waals surface area contributed by atoms with Crippen LogP contribution in [-0.4, -0.2) is 49.3 Å². The van der Waals surface area contributed by atoms with Crippen molar-refractivity contribution in [3.05, 3.63) is 18.3 Å². The van der Waals surface area contributed by atoms with Crippen molar-refractivity contribution in [2.45, 2.75) is 6.42 Å². The second-order valence-electron chi connectivity index (χ2n) is 4.13. The van der Waals surface area contributed by atoms with E-state index in [0.29, 0.717) is 11.0 Å². The number of nitrogens with one attached hydrogen (secondary N) is 2. The number of hydrogen-bond donors (Lipinski definition) is 2. The summed E-state index contributed by atoms with van der Waals surface area (Å²) in [4.78, 5) is 6.24. The van der Waals surface area contributed by atoms with Gasteiger partial charge in [-0.2, -0.15) is 0 Å². The van der Waals surface area contributed by atoms with E-state index in [4.69, 9.17) is 17.0 Å². The fourth-order valence-corrected chi connectivity index (χ4v) is 1.57. The first kappa shape index (κ1) is 14.7. The van der Waals surface area contributed by atoms with E-state index in [9.17, 15) is 0 Å². The number of nitrogens with zero attached hydrogens (tertiary/aromatic N) is 2. The molecule has 0 atom stereocenters. The topological polar surface area (TPSA) is 49.4 Å². The molecule has 0 aliphatic rings. The van der Waals surface area contributed by atoms with Gasteiger partial charge in [0.15, 0.2) is 5.11 Å². The highest BCUT2D eigenvalue weighted by atomic mass is 32.1. The van der Waals surface area contributed by atoms with Crippen LogP contribution in [0.5, 0.6) is 5.88 Å². The highest BCUT2D eigenvalue weighted by Gasteiger charge is 1.99. The molecule has 0 amide bonds. The highest BCUT2D eigenvalue weighted by molar-refractivity contribution is 7.80. The first-order valence-electron chi connectivity index (χ1n) is 5.81. The zero-order valence-corrected chi connectivity index (χ0v) is 11.9. The monoisotopic (exact) mass is 268 g/mol. The smallest absolute Gasteiger partial charge is 0.213 e. The summed E-state index contributed by atoms with van der Waals surface area (Å²) < 4.78 is 4.98. The average Bonchev–Trinajstić information content (AvgIpc) is 2.35. The highest BCUT2D eigenvalue weighted by Crippen LogP contribution is 2.10. The molecule has 1 aromatic heterocycles. The summed E-state index contributed by atoms with van der Waals surface area (Å²) in [5, 5.41) is 6.83. The molecular weight excluding hydrogens is 248 g/mol. The Hall–Kier alpha value is -1.40. The number of hydrogen-bond acceptors (Lipinski definition) is 4. The van der Waals surface area contributed by atoms with Crippen LogP contribution in [0.2, 0.25) is 0 Å². The minimum Gasteiger partial charge on any atom is -0.481 e. The standard InChI is InChI=1S/C12H20N4OS/c1-16(2)8-4-7-13-12(18)15-10-5-6-11(17-3)14-9-10/h5-6,9H,4,7-8H2,1-3H3,(H2,13,15,18). The van der Waals surface area contributed by atoms with Gasteiger partial charge in [0.2, 0.25) is 5.88 Å². The number of thiocarbonyl (C=S) groups is 1. The lowest BCUT2D eigenvalue weighted by molar-refractivity contribution is 0.398. The normalized spacial score (nSPS) is 10.2. The van der Waals surface area contributed by atoms with Crippen LogP contribution in [0.25, 0.3) is 0 Å². The van der Waals surface area contributed by atoms with E-state index in [1.54, 1.807) is 19.4 Å². The molecule has 18 heavy (non-hydrogen) atoms. The first-order chi connectivity index (χ1) is 8.61. The Kier molecular flexibility index (Phi) is 6.38. The van der Waals surface area contributed by atoms with Crippen LogP contribution in [0.4, 0.5) is 5.69 Å². The summed E-state index contributed by atoms with van der Waals surface area (Å²) in [6.07, 6.45) is 2.74. The fraction of sp³-hybridized carbons (Fsp3) is 0.500. The lowest BCUT2D eigenvalue weighted by Crippen LogP contribution is -2.30. The largest absolute Gasteiger partial charge is 0.481 e. The summed E-state index contributed by atoms with van der Waals surface area (Å²) in [5.41, 5.74) is 0.848. The van der Waals surface area contributed by atoms with Gasteiger partial charge in [0.05, 0.1) is 19.0 Å². The number of anilines is 1. The first-order valence-corrected chi connectivity index (χ1v) is 6.22. The van der Waals surface area contributed by atoms with Crippen molar-refractivity contribution >= 4 is 23.0 Å². The number of aromatic nitrogens is 1. The SMILES string of the molecule is COc1ccc(NC(=S)NCCCN(C)C)cn1. The summed E-state index contributed by atoms with van der Waals surface area (Å²) in [7, 11) is 5.70. The van der Waals surface area contributed by atoms with Gasteiger partial charge in [0.25, 0.3) is 0 Å².